The van der Waals surface area contributed by atoms with E-state index in [2.05, 4.69) is 10.6 Å². The predicted octanol–water partition coefficient (Wildman–Crippen LogP) is 3.30. The number of benzene rings is 2. The molecule has 1 saturated heterocycles. The van der Waals surface area contributed by atoms with Gasteiger partial charge in [-0.1, -0.05) is 42.5 Å². The van der Waals surface area contributed by atoms with Gasteiger partial charge in [0.2, 0.25) is 5.91 Å². The van der Waals surface area contributed by atoms with E-state index in [1.165, 1.54) is 30.3 Å². The van der Waals surface area contributed by atoms with E-state index in [0.717, 1.165) is 10.5 Å². The second kappa shape index (κ2) is 8.77. The summed E-state index contributed by atoms with van der Waals surface area (Å²) in [7, 11) is 0. The van der Waals surface area contributed by atoms with Crippen LogP contribution in [0.2, 0.25) is 0 Å². The first-order valence-corrected chi connectivity index (χ1v) is 8.64. The summed E-state index contributed by atoms with van der Waals surface area (Å²) in [4.78, 5) is 37.3. The van der Waals surface area contributed by atoms with Crippen molar-refractivity contribution in [3.63, 3.8) is 0 Å². The second-order valence-electron chi connectivity index (χ2n) is 6.04. The molecule has 3 rings (SSSR count). The summed E-state index contributed by atoms with van der Waals surface area (Å²) in [5, 5.41) is 5.08. The fraction of sp³-hybridized carbons (Fsp3) is 0.0952. The van der Waals surface area contributed by atoms with Gasteiger partial charge in [-0.05, 0) is 35.9 Å². The number of carbonyl (C=O) groups excluding carboxylic acids is 3. The Morgan fingerprint density at radius 1 is 1.07 bits per heavy atom. The van der Waals surface area contributed by atoms with E-state index < -0.39 is 17.8 Å². The van der Waals surface area contributed by atoms with Crippen LogP contribution in [0.25, 0.3) is 6.08 Å². The molecule has 28 heavy (non-hydrogen) atoms. The van der Waals surface area contributed by atoms with Crippen LogP contribution < -0.4 is 10.6 Å². The molecule has 0 aromatic heterocycles. The van der Waals surface area contributed by atoms with Gasteiger partial charge in [0.05, 0.1) is 0 Å². The molecule has 6 nitrogen and oxygen atoms in total. The molecule has 2 aromatic carbocycles. The van der Waals surface area contributed by atoms with Gasteiger partial charge in [-0.15, -0.1) is 0 Å². The molecule has 2 N–H and O–H groups in total. The maximum Gasteiger partial charge on any atom is 0.329 e. The summed E-state index contributed by atoms with van der Waals surface area (Å²) in [6.07, 6.45) is 4.94. The number of hydrogen-bond donors (Lipinski definition) is 2. The van der Waals surface area contributed by atoms with Gasteiger partial charge in [-0.3, -0.25) is 14.5 Å². The number of halogens is 1. The van der Waals surface area contributed by atoms with Gasteiger partial charge in [-0.2, -0.15) is 0 Å². The molecule has 0 radical (unpaired) electrons. The Balaban J connectivity index is 1.54. The van der Waals surface area contributed by atoms with Gasteiger partial charge < -0.3 is 10.6 Å². The van der Waals surface area contributed by atoms with Crippen molar-refractivity contribution in [1.82, 2.24) is 10.2 Å². The quantitative estimate of drug-likeness (QED) is 0.597. The molecule has 1 fully saturated rings. The Hall–Kier alpha value is -3.74. The summed E-state index contributed by atoms with van der Waals surface area (Å²) in [6, 6.07) is 14.3. The number of hydrogen-bond acceptors (Lipinski definition) is 3. The lowest BCUT2D eigenvalue weighted by atomic mass is 10.2. The topological polar surface area (TPSA) is 78.5 Å². The highest BCUT2D eigenvalue weighted by Crippen LogP contribution is 2.12. The van der Waals surface area contributed by atoms with Gasteiger partial charge in [0.1, 0.15) is 11.5 Å². The zero-order valence-electron chi connectivity index (χ0n) is 14.9. The molecule has 7 heteroatoms. The number of urea groups is 1. The second-order valence-corrected chi connectivity index (χ2v) is 6.04. The first kappa shape index (κ1) is 19.0. The van der Waals surface area contributed by atoms with Gasteiger partial charge in [0, 0.05) is 18.7 Å². The normalized spacial score (nSPS) is 15.3. The molecule has 0 atom stereocenters. The summed E-state index contributed by atoms with van der Waals surface area (Å²) < 4.78 is 12.9. The highest BCUT2D eigenvalue weighted by atomic mass is 19.1. The number of anilines is 1. The lowest BCUT2D eigenvalue weighted by Crippen LogP contribution is -2.33. The maximum absolute atomic E-state index is 12.9. The standard InChI is InChI=1S/C21H18FN3O3/c22-16-9-11-17(12-10-16)23-19(26)13-14-25-20(27)18(24-21(25)28)8-4-7-15-5-2-1-3-6-15/h1-12H,13-14H2,(H,23,26)(H,24,28)/b7-4+,18-8-. The molecule has 0 unspecified atom stereocenters. The van der Waals surface area contributed by atoms with Gasteiger partial charge in [0.15, 0.2) is 0 Å². The fourth-order valence-electron chi connectivity index (χ4n) is 2.58. The molecule has 0 bridgehead atoms. The molecular formula is C21H18FN3O3. The van der Waals surface area contributed by atoms with Crippen LogP contribution in [-0.2, 0) is 9.59 Å². The first-order chi connectivity index (χ1) is 13.5. The lowest BCUT2D eigenvalue weighted by molar-refractivity contribution is -0.123. The van der Waals surface area contributed by atoms with Crippen molar-refractivity contribution in [1.29, 1.82) is 0 Å². The Labute approximate surface area is 161 Å². The summed E-state index contributed by atoms with van der Waals surface area (Å²) in [5.74, 6) is -1.27. The third kappa shape index (κ3) is 4.91. The summed E-state index contributed by atoms with van der Waals surface area (Å²) in [6.45, 7) is -0.0581. The minimum atomic E-state index is -0.570. The van der Waals surface area contributed by atoms with E-state index in [9.17, 15) is 18.8 Å². The average molecular weight is 379 g/mol. The van der Waals surface area contributed by atoms with E-state index >= 15 is 0 Å². The minimum Gasteiger partial charge on any atom is -0.326 e. The average Bonchev–Trinajstić information content (AvgIpc) is 2.96. The van der Waals surface area contributed by atoms with E-state index in [-0.39, 0.29) is 24.6 Å². The molecule has 1 aliphatic rings. The molecule has 2 aromatic rings. The third-order valence-electron chi connectivity index (χ3n) is 4.00. The van der Waals surface area contributed by atoms with Crippen LogP contribution in [0.5, 0.6) is 0 Å². The number of nitrogens with zero attached hydrogens (tertiary/aromatic N) is 1. The monoisotopic (exact) mass is 379 g/mol. The zero-order chi connectivity index (χ0) is 19.9. The number of rotatable bonds is 6. The third-order valence-corrected chi connectivity index (χ3v) is 4.00. The molecule has 0 saturated carbocycles. The van der Waals surface area contributed by atoms with E-state index in [0.29, 0.717) is 5.69 Å². The summed E-state index contributed by atoms with van der Waals surface area (Å²) in [5.41, 5.74) is 1.55. The zero-order valence-corrected chi connectivity index (χ0v) is 14.9. The predicted molar refractivity (Wildman–Crippen MR) is 103 cm³/mol. The number of imide groups is 1. The molecule has 0 spiro atoms. The smallest absolute Gasteiger partial charge is 0.326 e. The van der Waals surface area contributed by atoms with Gasteiger partial charge in [0.25, 0.3) is 5.91 Å². The van der Waals surface area contributed by atoms with Crippen molar-refractivity contribution in [2.24, 2.45) is 0 Å². The van der Waals surface area contributed by atoms with E-state index in [1.807, 2.05) is 36.4 Å². The van der Waals surface area contributed by atoms with Crippen molar-refractivity contribution in [2.75, 3.05) is 11.9 Å². The Morgan fingerprint density at radius 2 is 1.79 bits per heavy atom. The van der Waals surface area contributed by atoms with Crippen molar-refractivity contribution in [3.05, 3.63) is 83.8 Å². The van der Waals surface area contributed by atoms with Crippen molar-refractivity contribution in [2.45, 2.75) is 6.42 Å². The summed E-state index contributed by atoms with van der Waals surface area (Å²) >= 11 is 0. The van der Waals surface area contributed by atoms with Crippen molar-refractivity contribution < 1.29 is 18.8 Å². The van der Waals surface area contributed by atoms with Crippen LogP contribution in [0.15, 0.2) is 72.4 Å². The number of allylic oxidation sites excluding steroid dienone is 2. The molecule has 1 aliphatic heterocycles. The highest BCUT2D eigenvalue weighted by molar-refractivity contribution is 6.12. The molecular weight excluding hydrogens is 361 g/mol. The van der Waals surface area contributed by atoms with E-state index in [4.69, 9.17) is 0 Å². The fourth-order valence-corrected chi connectivity index (χ4v) is 2.58. The molecule has 0 aliphatic carbocycles. The van der Waals surface area contributed by atoms with Crippen LogP contribution in [0.4, 0.5) is 14.9 Å². The SMILES string of the molecule is O=C(CCN1C(=O)N/C(=C\C=C\c2ccccc2)C1=O)Nc1ccc(F)cc1. The molecule has 142 valence electrons. The largest absolute Gasteiger partial charge is 0.329 e. The minimum absolute atomic E-state index is 0.0581. The number of nitrogens with one attached hydrogen (secondary N) is 2. The Morgan fingerprint density at radius 3 is 2.50 bits per heavy atom. The van der Waals surface area contributed by atoms with Crippen LogP contribution in [0, 0.1) is 5.82 Å². The van der Waals surface area contributed by atoms with Crippen LogP contribution in [0.1, 0.15) is 12.0 Å². The van der Waals surface area contributed by atoms with Crippen LogP contribution >= 0.6 is 0 Å². The maximum atomic E-state index is 12.9. The van der Waals surface area contributed by atoms with Crippen LogP contribution in [0.3, 0.4) is 0 Å². The first-order valence-electron chi connectivity index (χ1n) is 8.64. The lowest BCUT2D eigenvalue weighted by Gasteiger charge is -2.11. The van der Waals surface area contributed by atoms with Gasteiger partial charge in [-0.25, -0.2) is 9.18 Å². The molecule has 1 heterocycles. The van der Waals surface area contributed by atoms with Crippen LogP contribution in [-0.4, -0.2) is 29.3 Å². The number of carbonyl (C=O) groups is 3. The highest BCUT2D eigenvalue weighted by Gasteiger charge is 2.33. The van der Waals surface area contributed by atoms with Gasteiger partial charge >= 0.3 is 6.03 Å². The van der Waals surface area contributed by atoms with Crippen molar-refractivity contribution >= 4 is 29.6 Å². The Bertz CT molecular complexity index is 937. The Kier molecular flexibility index (Phi) is 5.96. The van der Waals surface area contributed by atoms with Crippen molar-refractivity contribution in [3.8, 4) is 0 Å². The number of amides is 4. The van der Waals surface area contributed by atoms with E-state index in [1.54, 1.807) is 6.08 Å². The molecule has 4 amide bonds.